The first-order valence-corrected chi connectivity index (χ1v) is 7.10. The lowest BCUT2D eigenvalue weighted by Gasteiger charge is -2.21. The Morgan fingerprint density at radius 1 is 1.05 bits per heavy atom. The second-order valence-electron chi connectivity index (χ2n) is 4.67. The maximum Gasteiger partial charge on any atom is 0.125 e. The Morgan fingerprint density at radius 3 is 2.35 bits per heavy atom. The van der Waals surface area contributed by atoms with Gasteiger partial charge in [-0.2, -0.15) is 0 Å². The fourth-order valence-corrected chi connectivity index (χ4v) is 2.18. The van der Waals surface area contributed by atoms with Crippen LogP contribution in [0.4, 0.5) is 11.4 Å². The van der Waals surface area contributed by atoms with E-state index in [-0.39, 0.29) is 0 Å². The van der Waals surface area contributed by atoms with Crippen LogP contribution in [0.5, 0.6) is 0 Å². The molecule has 0 unspecified atom stereocenters. The lowest BCUT2D eigenvalue weighted by Crippen LogP contribution is -2.21. The second kappa shape index (κ2) is 6.89. The predicted molar refractivity (Wildman–Crippen MR) is 84.1 cm³/mol. The molecule has 1 N–H and O–H groups in total. The van der Waals surface area contributed by atoms with Gasteiger partial charge in [-0.3, -0.25) is 0 Å². The first-order chi connectivity index (χ1) is 9.72. The molecule has 20 heavy (non-hydrogen) atoms. The van der Waals surface area contributed by atoms with Crippen molar-refractivity contribution in [3.63, 3.8) is 0 Å². The van der Waals surface area contributed by atoms with Gasteiger partial charge in [0.2, 0.25) is 0 Å². The molecule has 2 rings (SSSR count). The predicted octanol–water partition coefficient (Wildman–Crippen LogP) is 3.24. The van der Waals surface area contributed by atoms with Gasteiger partial charge in [0.15, 0.2) is 0 Å². The van der Waals surface area contributed by atoms with Crippen LogP contribution in [-0.2, 0) is 6.54 Å². The molecular formula is C16H22N4. The highest BCUT2D eigenvalue weighted by atomic mass is 15.1. The van der Waals surface area contributed by atoms with Gasteiger partial charge in [-0.15, -0.1) is 0 Å². The minimum Gasteiger partial charge on any atom is -0.379 e. The van der Waals surface area contributed by atoms with Crippen LogP contribution in [0.15, 0.2) is 36.5 Å². The highest BCUT2D eigenvalue weighted by Gasteiger charge is 2.01. The second-order valence-corrected chi connectivity index (χ2v) is 4.67. The van der Waals surface area contributed by atoms with Crippen molar-refractivity contribution in [1.29, 1.82) is 0 Å². The lowest BCUT2D eigenvalue weighted by atomic mass is 10.2. The van der Waals surface area contributed by atoms with Crippen LogP contribution < -0.4 is 10.2 Å². The van der Waals surface area contributed by atoms with Crippen molar-refractivity contribution in [1.82, 2.24) is 9.97 Å². The van der Waals surface area contributed by atoms with Crippen molar-refractivity contribution in [2.75, 3.05) is 23.3 Å². The largest absolute Gasteiger partial charge is 0.379 e. The first-order valence-electron chi connectivity index (χ1n) is 7.10. The van der Waals surface area contributed by atoms with Crippen molar-refractivity contribution in [2.45, 2.75) is 27.3 Å². The Bertz CT molecular complexity index is 532. The zero-order chi connectivity index (χ0) is 14.4. The Kier molecular flexibility index (Phi) is 4.93. The third-order valence-corrected chi connectivity index (χ3v) is 3.30. The molecule has 0 spiro atoms. The van der Waals surface area contributed by atoms with Gasteiger partial charge in [-0.25, -0.2) is 9.97 Å². The summed E-state index contributed by atoms with van der Waals surface area (Å²) in [6, 6.07) is 10.5. The third-order valence-electron chi connectivity index (χ3n) is 3.30. The standard InChI is InChI=1S/C16H22N4/c1-4-20(5-2)16-8-6-14(7-9-16)18-12-15-10-11-17-13(3)19-15/h6-11,18H,4-5,12H2,1-3H3. The van der Waals surface area contributed by atoms with Crippen molar-refractivity contribution in [3.8, 4) is 0 Å². The van der Waals surface area contributed by atoms with Gasteiger partial charge in [0, 0.05) is 30.7 Å². The van der Waals surface area contributed by atoms with Gasteiger partial charge >= 0.3 is 0 Å². The Balaban J connectivity index is 1.97. The van der Waals surface area contributed by atoms with Crippen LogP contribution in [-0.4, -0.2) is 23.1 Å². The van der Waals surface area contributed by atoms with Gasteiger partial charge in [-0.05, 0) is 51.1 Å². The average molecular weight is 270 g/mol. The third kappa shape index (κ3) is 3.70. The van der Waals surface area contributed by atoms with E-state index < -0.39 is 0 Å². The highest BCUT2D eigenvalue weighted by molar-refractivity contribution is 5.55. The van der Waals surface area contributed by atoms with Crippen LogP contribution in [0, 0.1) is 6.92 Å². The molecule has 4 heteroatoms. The fraction of sp³-hybridized carbons (Fsp3) is 0.375. The molecule has 0 amide bonds. The van der Waals surface area contributed by atoms with Gasteiger partial charge in [0.1, 0.15) is 5.82 Å². The number of nitrogens with zero attached hydrogens (tertiary/aromatic N) is 3. The normalized spacial score (nSPS) is 10.3. The molecule has 4 nitrogen and oxygen atoms in total. The smallest absolute Gasteiger partial charge is 0.125 e. The molecule has 1 aromatic carbocycles. The molecule has 0 atom stereocenters. The topological polar surface area (TPSA) is 41.0 Å². The summed E-state index contributed by atoms with van der Waals surface area (Å²) < 4.78 is 0. The van der Waals surface area contributed by atoms with Crippen molar-refractivity contribution < 1.29 is 0 Å². The lowest BCUT2D eigenvalue weighted by molar-refractivity contribution is 0.866. The van der Waals surface area contributed by atoms with E-state index in [9.17, 15) is 0 Å². The molecule has 1 aromatic heterocycles. The molecule has 1 heterocycles. The summed E-state index contributed by atoms with van der Waals surface area (Å²) in [5.74, 6) is 0.807. The van der Waals surface area contributed by atoms with Crippen LogP contribution in [0.1, 0.15) is 25.4 Å². The molecule has 2 aromatic rings. The Hall–Kier alpha value is -2.10. The summed E-state index contributed by atoms with van der Waals surface area (Å²) in [7, 11) is 0. The number of benzene rings is 1. The summed E-state index contributed by atoms with van der Waals surface area (Å²) in [6.07, 6.45) is 1.79. The summed E-state index contributed by atoms with van der Waals surface area (Å²) in [5, 5.41) is 3.38. The highest BCUT2D eigenvalue weighted by Crippen LogP contribution is 2.18. The Morgan fingerprint density at radius 2 is 1.75 bits per heavy atom. The van der Waals surface area contributed by atoms with E-state index in [1.165, 1.54) is 5.69 Å². The van der Waals surface area contributed by atoms with Crippen LogP contribution >= 0.6 is 0 Å². The van der Waals surface area contributed by atoms with Crippen molar-refractivity contribution >= 4 is 11.4 Å². The van der Waals surface area contributed by atoms with Crippen LogP contribution in [0.3, 0.4) is 0 Å². The number of anilines is 2. The maximum absolute atomic E-state index is 4.38. The van der Waals surface area contributed by atoms with Crippen LogP contribution in [0.25, 0.3) is 0 Å². The van der Waals surface area contributed by atoms with E-state index in [0.717, 1.165) is 30.3 Å². The SMILES string of the molecule is CCN(CC)c1ccc(NCc2ccnc(C)n2)cc1. The van der Waals surface area contributed by atoms with Crippen molar-refractivity contribution in [2.24, 2.45) is 0 Å². The number of nitrogens with one attached hydrogen (secondary N) is 1. The maximum atomic E-state index is 4.38. The zero-order valence-corrected chi connectivity index (χ0v) is 12.4. The summed E-state index contributed by atoms with van der Waals surface area (Å²) in [5.41, 5.74) is 3.38. The number of hydrogen-bond donors (Lipinski definition) is 1. The van der Waals surface area contributed by atoms with Gasteiger partial charge in [-0.1, -0.05) is 0 Å². The van der Waals surface area contributed by atoms with E-state index >= 15 is 0 Å². The van der Waals surface area contributed by atoms with Gasteiger partial charge in [0.25, 0.3) is 0 Å². The Labute approximate surface area is 120 Å². The van der Waals surface area contributed by atoms with E-state index in [0.29, 0.717) is 6.54 Å². The number of aromatic nitrogens is 2. The van der Waals surface area contributed by atoms with Crippen molar-refractivity contribution in [3.05, 3.63) is 48.0 Å². The minimum absolute atomic E-state index is 0.716. The minimum atomic E-state index is 0.716. The zero-order valence-electron chi connectivity index (χ0n) is 12.4. The molecule has 0 fully saturated rings. The van der Waals surface area contributed by atoms with E-state index in [1.54, 1.807) is 6.20 Å². The molecule has 106 valence electrons. The monoisotopic (exact) mass is 270 g/mol. The summed E-state index contributed by atoms with van der Waals surface area (Å²) >= 11 is 0. The fourth-order valence-electron chi connectivity index (χ4n) is 2.18. The molecule has 0 saturated carbocycles. The number of aryl methyl sites for hydroxylation is 1. The summed E-state index contributed by atoms with van der Waals surface area (Å²) in [6.45, 7) is 9.03. The molecule has 0 saturated heterocycles. The summed E-state index contributed by atoms with van der Waals surface area (Å²) in [4.78, 5) is 10.8. The molecule has 0 radical (unpaired) electrons. The van der Waals surface area contributed by atoms with E-state index in [2.05, 4.69) is 58.3 Å². The average Bonchev–Trinajstić information content (AvgIpc) is 2.48. The number of hydrogen-bond acceptors (Lipinski definition) is 4. The molecule has 0 bridgehead atoms. The van der Waals surface area contributed by atoms with E-state index in [4.69, 9.17) is 0 Å². The number of rotatable bonds is 6. The first kappa shape index (κ1) is 14.3. The van der Waals surface area contributed by atoms with E-state index in [1.807, 2.05) is 13.0 Å². The molecule has 0 aliphatic heterocycles. The molecule has 0 aliphatic carbocycles. The quantitative estimate of drug-likeness (QED) is 0.875. The van der Waals surface area contributed by atoms with Gasteiger partial charge < -0.3 is 10.2 Å². The van der Waals surface area contributed by atoms with Gasteiger partial charge in [0.05, 0.1) is 12.2 Å². The molecule has 0 aliphatic rings. The van der Waals surface area contributed by atoms with Crippen LogP contribution in [0.2, 0.25) is 0 Å². The molecular weight excluding hydrogens is 248 g/mol.